The Hall–Kier alpha value is -3.09. The van der Waals surface area contributed by atoms with Gasteiger partial charge in [0.15, 0.2) is 0 Å². The highest BCUT2D eigenvalue weighted by Crippen LogP contribution is 2.22. The van der Waals surface area contributed by atoms with Crippen molar-refractivity contribution >= 4 is 17.6 Å². The van der Waals surface area contributed by atoms with Crippen molar-refractivity contribution in [2.45, 2.75) is 25.8 Å². The van der Waals surface area contributed by atoms with Crippen LogP contribution in [0.4, 0.5) is 14.9 Å². The second kappa shape index (κ2) is 9.91. The molecule has 154 valence electrons. The number of benzene rings is 2. The Balaban J connectivity index is 1.38. The monoisotopic (exact) mass is 399 g/mol. The number of urea groups is 1. The number of nitrogens with zero attached hydrogens (tertiary/aromatic N) is 1. The third-order valence-electron chi connectivity index (χ3n) is 5.12. The number of hydrogen-bond acceptors (Lipinski definition) is 3. The Bertz CT molecular complexity index is 816. The maximum atomic E-state index is 12.9. The quantitative estimate of drug-likeness (QED) is 0.777. The van der Waals surface area contributed by atoms with E-state index in [1.54, 1.807) is 48.4 Å². The Morgan fingerprint density at radius 2 is 1.72 bits per heavy atom. The smallest absolute Gasteiger partial charge is 0.321 e. The summed E-state index contributed by atoms with van der Waals surface area (Å²) in [6, 6.07) is 13.2. The van der Waals surface area contributed by atoms with Crippen LogP contribution in [-0.4, -0.2) is 37.0 Å². The molecule has 0 saturated carbocycles. The Kier molecular flexibility index (Phi) is 7.05. The fraction of sp³-hybridized carbons (Fsp3) is 0.364. The number of amides is 3. The van der Waals surface area contributed by atoms with E-state index in [9.17, 15) is 14.0 Å². The van der Waals surface area contributed by atoms with Gasteiger partial charge in [-0.2, -0.15) is 0 Å². The standard InChI is InChI=1S/C22H26FN3O3/c1-29-20-8-6-19(7-9-20)25-22(28)26-12-10-16(11-13-26)14-21(27)24-15-17-2-4-18(23)5-3-17/h2-9,16H,10-15H2,1H3,(H,24,27)(H,25,28). The van der Waals surface area contributed by atoms with Crippen LogP contribution >= 0.6 is 0 Å². The highest BCUT2D eigenvalue weighted by atomic mass is 19.1. The molecule has 7 heteroatoms. The summed E-state index contributed by atoms with van der Waals surface area (Å²) < 4.78 is 18.0. The Morgan fingerprint density at radius 1 is 1.07 bits per heavy atom. The number of carbonyl (C=O) groups excluding carboxylic acids is 2. The second-order valence-electron chi connectivity index (χ2n) is 7.20. The van der Waals surface area contributed by atoms with Gasteiger partial charge in [0.25, 0.3) is 0 Å². The number of methoxy groups -OCH3 is 1. The summed E-state index contributed by atoms with van der Waals surface area (Å²) in [5.74, 6) is 0.688. The molecule has 6 nitrogen and oxygen atoms in total. The lowest BCUT2D eigenvalue weighted by atomic mass is 9.93. The molecule has 0 spiro atoms. The number of rotatable bonds is 6. The number of likely N-dealkylation sites (tertiary alicyclic amines) is 1. The summed E-state index contributed by atoms with van der Waals surface area (Å²) in [4.78, 5) is 26.4. The average Bonchev–Trinajstić information content (AvgIpc) is 2.74. The van der Waals surface area contributed by atoms with E-state index in [4.69, 9.17) is 4.74 Å². The molecule has 0 radical (unpaired) electrons. The minimum atomic E-state index is -0.289. The van der Waals surface area contributed by atoms with Crippen LogP contribution in [-0.2, 0) is 11.3 Å². The molecule has 3 rings (SSSR count). The van der Waals surface area contributed by atoms with Crippen LogP contribution < -0.4 is 15.4 Å². The molecule has 0 aliphatic carbocycles. The first-order valence-corrected chi connectivity index (χ1v) is 9.74. The van der Waals surface area contributed by atoms with Crippen molar-refractivity contribution in [2.75, 3.05) is 25.5 Å². The first kappa shape index (κ1) is 20.6. The lowest BCUT2D eigenvalue weighted by Crippen LogP contribution is -2.41. The lowest BCUT2D eigenvalue weighted by molar-refractivity contribution is -0.122. The fourth-order valence-electron chi connectivity index (χ4n) is 3.35. The predicted molar refractivity (Wildman–Crippen MR) is 109 cm³/mol. The zero-order valence-electron chi connectivity index (χ0n) is 16.5. The zero-order valence-corrected chi connectivity index (χ0v) is 16.5. The van der Waals surface area contributed by atoms with Gasteiger partial charge in [-0.15, -0.1) is 0 Å². The maximum Gasteiger partial charge on any atom is 0.321 e. The summed E-state index contributed by atoms with van der Waals surface area (Å²) in [7, 11) is 1.60. The van der Waals surface area contributed by atoms with Gasteiger partial charge in [-0.3, -0.25) is 4.79 Å². The molecule has 29 heavy (non-hydrogen) atoms. The van der Waals surface area contributed by atoms with Crippen molar-refractivity contribution in [3.63, 3.8) is 0 Å². The maximum absolute atomic E-state index is 12.9. The molecule has 1 saturated heterocycles. The third kappa shape index (κ3) is 6.20. The Morgan fingerprint density at radius 3 is 2.34 bits per heavy atom. The summed E-state index contributed by atoms with van der Waals surface area (Å²) in [6.45, 7) is 1.64. The number of halogens is 1. The second-order valence-corrected chi connectivity index (χ2v) is 7.20. The van der Waals surface area contributed by atoms with E-state index < -0.39 is 0 Å². The molecule has 0 unspecified atom stereocenters. The van der Waals surface area contributed by atoms with Gasteiger partial charge in [0, 0.05) is 31.7 Å². The summed E-state index contributed by atoms with van der Waals surface area (Å²) in [6.07, 6.45) is 2.02. The molecule has 2 aromatic carbocycles. The highest BCUT2D eigenvalue weighted by Gasteiger charge is 2.24. The number of carbonyl (C=O) groups is 2. The summed E-state index contributed by atoms with van der Waals surface area (Å²) in [5.41, 5.74) is 1.59. The van der Waals surface area contributed by atoms with E-state index in [0.29, 0.717) is 26.1 Å². The Labute approximate surface area is 170 Å². The van der Waals surface area contributed by atoms with Gasteiger partial charge in [-0.05, 0) is 60.7 Å². The molecular weight excluding hydrogens is 373 g/mol. The van der Waals surface area contributed by atoms with Gasteiger partial charge in [-0.25, -0.2) is 9.18 Å². The van der Waals surface area contributed by atoms with E-state index in [2.05, 4.69) is 10.6 Å². The molecule has 0 atom stereocenters. The van der Waals surface area contributed by atoms with Gasteiger partial charge in [-0.1, -0.05) is 12.1 Å². The van der Waals surface area contributed by atoms with Crippen molar-refractivity contribution in [3.8, 4) is 5.75 Å². The fourth-order valence-corrected chi connectivity index (χ4v) is 3.35. The lowest BCUT2D eigenvalue weighted by Gasteiger charge is -2.31. The van der Waals surface area contributed by atoms with Crippen LogP contribution in [0.5, 0.6) is 5.75 Å². The molecule has 1 aliphatic rings. The molecule has 3 amide bonds. The van der Waals surface area contributed by atoms with E-state index in [1.165, 1.54) is 12.1 Å². The van der Waals surface area contributed by atoms with Crippen LogP contribution in [0.3, 0.4) is 0 Å². The van der Waals surface area contributed by atoms with Gasteiger partial charge < -0.3 is 20.3 Å². The molecule has 1 heterocycles. The minimum absolute atomic E-state index is 0.0181. The van der Waals surface area contributed by atoms with Crippen LogP contribution in [0, 0.1) is 11.7 Å². The highest BCUT2D eigenvalue weighted by molar-refractivity contribution is 5.89. The molecule has 2 aromatic rings. The van der Waals surface area contributed by atoms with Crippen LogP contribution in [0.1, 0.15) is 24.8 Å². The summed E-state index contributed by atoms with van der Waals surface area (Å²) >= 11 is 0. The molecule has 1 aliphatic heterocycles. The number of nitrogens with one attached hydrogen (secondary N) is 2. The third-order valence-corrected chi connectivity index (χ3v) is 5.12. The molecule has 0 aromatic heterocycles. The molecular formula is C22H26FN3O3. The molecule has 1 fully saturated rings. The largest absolute Gasteiger partial charge is 0.497 e. The number of ether oxygens (including phenoxy) is 1. The first-order chi connectivity index (χ1) is 14.0. The van der Waals surface area contributed by atoms with E-state index in [1.807, 2.05) is 0 Å². The van der Waals surface area contributed by atoms with Crippen LogP contribution in [0.25, 0.3) is 0 Å². The van der Waals surface area contributed by atoms with Gasteiger partial charge in [0.1, 0.15) is 11.6 Å². The van der Waals surface area contributed by atoms with Gasteiger partial charge in [0.2, 0.25) is 5.91 Å². The SMILES string of the molecule is COc1ccc(NC(=O)N2CCC(CC(=O)NCc3ccc(F)cc3)CC2)cc1. The van der Waals surface area contributed by atoms with Gasteiger partial charge >= 0.3 is 6.03 Å². The number of anilines is 1. The van der Waals surface area contributed by atoms with Crippen molar-refractivity contribution < 1.29 is 18.7 Å². The predicted octanol–water partition coefficient (Wildman–Crippen LogP) is 3.78. The number of piperidine rings is 1. The van der Waals surface area contributed by atoms with E-state index >= 15 is 0 Å². The van der Waals surface area contributed by atoms with Crippen molar-refractivity contribution in [3.05, 3.63) is 59.9 Å². The normalized spacial score (nSPS) is 14.3. The van der Waals surface area contributed by atoms with Crippen molar-refractivity contribution in [2.24, 2.45) is 5.92 Å². The summed E-state index contributed by atoms with van der Waals surface area (Å²) in [5, 5.41) is 5.76. The minimum Gasteiger partial charge on any atom is -0.497 e. The van der Waals surface area contributed by atoms with Gasteiger partial charge in [0.05, 0.1) is 7.11 Å². The topological polar surface area (TPSA) is 70.7 Å². The zero-order chi connectivity index (χ0) is 20.6. The number of hydrogen-bond donors (Lipinski definition) is 2. The average molecular weight is 399 g/mol. The molecule has 0 bridgehead atoms. The van der Waals surface area contributed by atoms with Crippen LogP contribution in [0.2, 0.25) is 0 Å². The molecule has 2 N–H and O–H groups in total. The van der Waals surface area contributed by atoms with Crippen molar-refractivity contribution in [1.82, 2.24) is 10.2 Å². The van der Waals surface area contributed by atoms with Crippen LogP contribution in [0.15, 0.2) is 48.5 Å². The van der Waals surface area contributed by atoms with Crippen molar-refractivity contribution in [1.29, 1.82) is 0 Å². The first-order valence-electron chi connectivity index (χ1n) is 9.74. The van der Waals surface area contributed by atoms with E-state index in [-0.39, 0.29) is 23.7 Å². The van der Waals surface area contributed by atoms with E-state index in [0.717, 1.165) is 29.8 Å².